The van der Waals surface area contributed by atoms with Gasteiger partial charge in [-0.2, -0.15) is 5.26 Å². The molecule has 0 spiro atoms. The highest BCUT2D eigenvalue weighted by atomic mass is 35.5. The summed E-state index contributed by atoms with van der Waals surface area (Å²) in [5.74, 6) is -0.159. The van der Waals surface area contributed by atoms with E-state index in [0.717, 1.165) is 41.3 Å². The number of rotatable bonds is 6. The van der Waals surface area contributed by atoms with Crippen LogP contribution in [0.2, 0.25) is 5.02 Å². The number of nitriles is 1. The van der Waals surface area contributed by atoms with Crippen molar-refractivity contribution in [3.63, 3.8) is 0 Å². The fraction of sp³-hybridized carbons (Fsp3) is 0.259. The van der Waals surface area contributed by atoms with Crippen LogP contribution >= 0.6 is 11.6 Å². The van der Waals surface area contributed by atoms with Crippen LogP contribution in [0.3, 0.4) is 0 Å². The van der Waals surface area contributed by atoms with Crippen molar-refractivity contribution >= 4 is 22.6 Å². The Labute approximate surface area is 201 Å². The molecule has 1 heterocycles. The average molecular weight is 478 g/mol. The van der Waals surface area contributed by atoms with Crippen LogP contribution in [-0.2, 0) is 0 Å². The number of imidazole rings is 1. The van der Waals surface area contributed by atoms with Crippen molar-refractivity contribution in [1.82, 2.24) is 9.55 Å². The van der Waals surface area contributed by atoms with Crippen molar-refractivity contribution in [1.29, 1.82) is 5.26 Å². The largest absolute Gasteiger partial charge is 0.491 e. The van der Waals surface area contributed by atoms with Crippen LogP contribution in [0.25, 0.3) is 22.4 Å². The van der Waals surface area contributed by atoms with E-state index < -0.39 is 11.6 Å². The highest BCUT2D eigenvalue weighted by molar-refractivity contribution is 6.30. The molecule has 1 fully saturated rings. The van der Waals surface area contributed by atoms with Crippen molar-refractivity contribution < 1.29 is 13.5 Å². The number of ether oxygens (including phenoxy) is 1. The molecule has 0 radical (unpaired) electrons. The lowest BCUT2D eigenvalue weighted by Gasteiger charge is -2.23. The monoisotopic (exact) mass is 477 g/mol. The maximum Gasteiger partial charge on any atom is 0.161 e. The van der Waals surface area contributed by atoms with E-state index in [2.05, 4.69) is 11.1 Å². The normalized spacial score (nSPS) is 14.2. The van der Waals surface area contributed by atoms with E-state index in [1.54, 1.807) is 24.3 Å². The molecule has 1 aliphatic carbocycles. The molecular weight excluding hydrogens is 456 g/mol. The fourth-order valence-electron chi connectivity index (χ4n) is 4.54. The minimum absolute atomic E-state index is 0.130. The lowest BCUT2D eigenvalue weighted by Crippen LogP contribution is -2.21. The smallest absolute Gasteiger partial charge is 0.161 e. The molecule has 3 aromatic carbocycles. The van der Waals surface area contributed by atoms with Gasteiger partial charge in [0.15, 0.2) is 11.6 Å². The molecular formula is C27H22ClF2N3O. The number of halogens is 3. The molecule has 4 nitrogen and oxygen atoms in total. The van der Waals surface area contributed by atoms with E-state index in [-0.39, 0.29) is 6.04 Å². The van der Waals surface area contributed by atoms with Crippen LogP contribution in [0.4, 0.5) is 8.78 Å². The van der Waals surface area contributed by atoms with Gasteiger partial charge in [0.1, 0.15) is 18.2 Å². The first kappa shape index (κ1) is 22.4. The zero-order valence-electron chi connectivity index (χ0n) is 18.8. The van der Waals surface area contributed by atoms with E-state index >= 15 is 0 Å². The summed E-state index contributed by atoms with van der Waals surface area (Å²) in [6.07, 6.45) is 2.03. The van der Waals surface area contributed by atoms with Crippen molar-refractivity contribution in [3.8, 4) is 23.2 Å². The second-order valence-corrected chi connectivity index (χ2v) is 9.27. The second kappa shape index (κ2) is 8.73. The molecule has 0 aliphatic heterocycles. The molecule has 5 rings (SSSR count). The van der Waals surface area contributed by atoms with Crippen LogP contribution in [-0.4, -0.2) is 16.2 Å². The first-order valence-corrected chi connectivity index (χ1v) is 11.5. The Morgan fingerprint density at radius 3 is 2.35 bits per heavy atom. The summed E-state index contributed by atoms with van der Waals surface area (Å²) >= 11 is 6.08. The van der Waals surface area contributed by atoms with Crippen molar-refractivity contribution in [2.45, 2.75) is 32.7 Å². The maximum absolute atomic E-state index is 14.3. The summed E-state index contributed by atoms with van der Waals surface area (Å²) in [7, 11) is 0. The molecule has 0 saturated heterocycles. The molecule has 1 atom stereocenters. The van der Waals surface area contributed by atoms with E-state index in [1.165, 1.54) is 6.07 Å². The Morgan fingerprint density at radius 1 is 1.09 bits per heavy atom. The molecule has 7 heteroatoms. The van der Waals surface area contributed by atoms with Gasteiger partial charge in [-0.1, -0.05) is 11.6 Å². The lowest BCUT2D eigenvalue weighted by atomic mass is 10.1. The quantitative estimate of drug-likeness (QED) is 0.296. The zero-order valence-corrected chi connectivity index (χ0v) is 19.5. The standard InChI is InChI=1S/C27H22ClF2N3O/c1-15-9-17(13-31)10-16(2)26(15)34-14-25(18-3-4-18)33-24-12-22(30)21(29)11-23(24)32-27(33)19-5-7-20(28)8-6-19/h5-12,18,25H,3-4,14H2,1-2H3. The van der Waals surface area contributed by atoms with Gasteiger partial charge in [-0.15, -0.1) is 0 Å². The van der Waals surface area contributed by atoms with Gasteiger partial charge in [0.05, 0.1) is 28.7 Å². The van der Waals surface area contributed by atoms with Crippen LogP contribution in [0.5, 0.6) is 5.75 Å². The number of fused-ring (bicyclic) bond motifs is 1. The van der Waals surface area contributed by atoms with Gasteiger partial charge < -0.3 is 9.30 Å². The Hall–Kier alpha value is -3.43. The van der Waals surface area contributed by atoms with E-state index in [9.17, 15) is 14.0 Å². The van der Waals surface area contributed by atoms with Crippen LogP contribution in [0.1, 0.15) is 35.6 Å². The van der Waals surface area contributed by atoms with E-state index in [4.69, 9.17) is 16.3 Å². The van der Waals surface area contributed by atoms with Crippen molar-refractivity contribution in [3.05, 3.63) is 81.9 Å². The number of hydrogen-bond donors (Lipinski definition) is 0. The van der Waals surface area contributed by atoms with Crippen LogP contribution < -0.4 is 4.74 Å². The summed E-state index contributed by atoms with van der Waals surface area (Å²) in [4.78, 5) is 4.68. The SMILES string of the molecule is Cc1cc(C#N)cc(C)c1OCC(C1CC1)n1c(-c2ccc(Cl)cc2)nc2cc(F)c(F)cc21. The van der Waals surface area contributed by atoms with Crippen molar-refractivity contribution in [2.24, 2.45) is 5.92 Å². The molecule has 0 amide bonds. The predicted octanol–water partition coefficient (Wildman–Crippen LogP) is 7.15. The van der Waals surface area contributed by atoms with Crippen LogP contribution in [0, 0.1) is 42.7 Å². The summed E-state index contributed by atoms with van der Waals surface area (Å²) in [5, 5.41) is 9.83. The van der Waals surface area contributed by atoms with Gasteiger partial charge in [0.2, 0.25) is 0 Å². The average Bonchev–Trinajstić information content (AvgIpc) is 3.59. The zero-order chi connectivity index (χ0) is 24.0. The molecule has 0 N–H and O–H groups in total. The molecule has 4 aromatic rings. The summed E-state index contributed by atoms with van der Waals surface area (Å²) in [5.41, 5.74) is 4.07. The van der Waals surface area contributed by atoms with E-state index in [1.807, 2.05) is 30.5 Å². The minimum Gasteiger partial charge on any atom is -0.491 e. The van der Waals surface area contributed by atoms with Gasteiger partial charge >= 0.3 is 0 Å². The number of hydrogen-bond acceptors (Lipinski definition) is 3. The molecule has 34 heavy (non-hydrogen) atoms. The highest BCUT2D eigenvalue weighted by Crippen LogP contribution is 2.44. The van der Waals surface area contributed by atoms with Gasteiger partial charge in [-0.25, -0.2) is 13.8 Å². The third kappa shape index (κ3) is 4.12. The fourth-order valence-corrected chi connectivity index (χ4v) is 4.67. The number of aryl methyl sites for hydroxylation is 2. The molecule has 1 aromatic heterocycles. The topological polar surface area (TPSA) is 50.8 Å². The Morgan fingerprint density at radius 2 is 1.74 bits per heavy atom. The first-order valence-electron chi connectivity index (χ1n) is 11.1. The third-order valence-electron chi connectivity index (χ3n) is 6.32. The number of benzene rings is 3. The first-order chi connectivity index (χ1) is 16.4. The summed E-state index contributed by atoms with van der Waals surface area (Å²) < 4.78 is 36.7. The Bertz CT molecular complexity index is 1410. The predicted molar refractivity (Wildman–Crippen MR) is 128 cm³/mol. The molecule has 1 aliphatic rings. The Kier molecular flexibility index (Phi) is 5.75. The Balaban J connectivity index is 1.60. The minimum atomic E-state index is -0.928. The number of nitrogens with zero attached hydrogens (tertiary/aromatic N) is 3. The highest BCUT2D eigenvalue weighted by Gasteiger charge is 2.36. The van der Waals surface area contributed by atoms with Crippen molar-refractivity contribution in [2.75, 3.05) is 6.61 Å². The molecule has 172 valence electrons. The summed E-state index contributed by atoms with van der Waals surface area (Å²) in [6.45, 7) is 4.17. The van der Waals surface area contributed by atoms with Gasteiger partial charge in [-0.05, 0) is 80.1 Å². The molecule has 1 unspecified atom stereocenters. The second-order valence-electron chi connectivity index (χ2n) is 8.83. The number of aromatic nitrogens is 2. The summed E-state index contributed by atoms with van der Waals surface area (Å²) in [6, 6.07) is 15.2. The van der Waals surface area contributed by atoms with Crippen LogP contribution in [0.15, 0.2) is 48.5 Å². The van der Waals surface area contributed by atoms with E-state index in [0.29, 0.717) is 40.0 Å². The third-order valence-corrected chi connectivity index (χ3v) is 6.57. The van der Waals surface area contributed by atoms with Gasteiger partial charge in [-0.3, -0.25) is 0 Å². The van der Waals surface area contributed by atoms with Gasteiger partial charge in [0.25, 0.3) is 0 Å². The maximum atomic E-state index is 14.3. The molecule has 1 saturated carbocycles. The van der Waals surface area contributed by atoms with Gasteiger partial charge in [0, 0.05) is 22.7 Å². The molecule has 0 bridgehead atoms. The lowest BCUT2D eigenvalue weighted by molar-refractivity contribution is 0.234.